The average molecular weight is 279 g/mol. The molecule has 0 aliphatic rings. The van der Waals surface area contributed by atoms with Gasteiger partial charge in [-0.3, -0.25) is 4.79 Å². The van der Waals surface area contributed by atoms with Crippen LogP contribution >= 0.6 is 11.6 Å². The number of furan rings is 1. The van der Waals surface area contributed by atoms with E-state index in [0.717, 1.165) is 18.2 Å². The number of benzene rings is 1. The van der Waals surface area contributed by atoms with E-state index < -0.39 is 0 Å². The lowest BCUT2D eigenvalue weighted by atomic mass is 10.1. The van der Waals surface area contributed by atoms with Gasteiger partial charge in [-0.1, -0.05) is 56.3 Å². The highest BCUT2D eigenvalue weighted by Gasteiger charge is 2.13. The van der Waals surface area contributed by atoms with Crippen molar-refractivity contribution in [3.05, 3.63) is 35.0 Å². The standard InChI is InChI=1S/C16H19ClO2/c1-2-3-4-5-6-10-14(18)15-11-12-8-7-9-13(17)16(12)19-15/h7-9,11H,2-6,10H2,1H3. The van der Waals surface area contributed by atoms with Crippen molar-refractivity contribution in [3.63, 3.8) is 0 Å². The molecule has 0 aliphatic heterocycles. The van der Waals surface area contributed by atoms with Crippen molar-refractivity contribution in [1.82, 2.24) is 0 Å². The second kappa shape index (κ2) is 6.76. The summed E-state index contributed by atoms with van der Waals surface area (Å²) in [4.78, 5) is 12.0. The molecule has 0 atom stereocenters. The quantitative estimate of drug-likeness (QED) is 0.485. The fraction of sp³-hybridized carbons (Fsp3) is 0.438. The molecule has 0 saturated heterocycles. The summed E-state index contributed by atoms with van der Waals surface area (Å²) in [6.45, 7) is 2.18. The Morgan fingerprint density at radius 3 is 2.74 bits per heavy atom. The van der Waals surface area contributed by atoms with E-state index in [2.05, 4.69) is 6.92 Å². The lowest BCUT2D eigenvalue weighted by Crippen LogP contribution is -1.96. The molecule has 2 rings (SSSR count). The Morgan fingerprint density at radius 1 is 1.21 bits per heavy atom. The molecule has 1 heterocycles. The largest absolute Gasteiger partial charge is 0.451 e. The molecule has 0 bridgehead atoms. The minimum Gasteiger partial charge on any atom is -0.451 e. The Bertz CT molecular complexity index is 557. The zero-order chi connectivity index (χ0) is 13.7. The van der Waals surface area contributed by atoms with Crippen molar-refractivity contribution in [2.45, 2.75) is 45.4 Å². The van der Waals surface area contributed by atoms with Crippen LogP contribution in [-0.2, 0) is 0 Å². The average Bonchev–Trinajstić information content (AvgIpc) is 2.84. The number of hydrogen-bond donors (Lipinski definition) is 0. The number of hydrogen-bond acceptors (Lipinski definition) is 2. The first kappa shape index (κ1) is 14.1. The topological polar surface area (TPSA) is 30.2 Å². The first-order valence-corrected chi connectivity index (χ1v) is 7.31. The highest BCUT2D eigenvalue weighted by atomic mass is 35.5. The Kier molecular flexibility index (Phi) is 5.03. The van der Waals surface area contributed by atoms with E-state index in [-0.39, 0.29) is 5.78 Å². The molecular weight excluding hydrogens is 260 g/mol. The van der Waals surface area contributed by atoms with Gasteiger partial charge in [-0.25, -0.2) is 0 Å². The number of rotatable bonds is 7. The van der Waals surface area contributed by atoms with Gasteiger partial charge in [0.25, 0.3) is 0 Å². The van der Waals surface area contributed by atoms with Crippen LogP contribution in [0.3, 0.4) is 0 Å². The van der Waals surface area contributed by atoms with Crippen LogP contribution < -0.4 is 0 Å². The Hall–Kier alpha value is -1.28. The normalized spacial score (nSPS) is 11.1. The van der Waals surface area contributed by atoms with Crippen molar-refractivity contribution in [3.8, 4) is 0 Å². The summed E-state index contributed by atoms with van der Waals surface area (Å²) in [7, 11) is 0. The van der Waals surface area contributed by atoms with Gasteiger partial charge in [0, 0.05) is 11.8 Å². The van der Waals surface area contributed by atoms with E-state index in [1.54, 1.807) is 12.1 Å². The molecule has 0 fully saturated rings. The van der Waals surface area contributed by atoms with Crippen LogP contribution in [0.15, 0.2) is 28.7 Å². The van der Waals surface area contributed by atoms with Gasteiger partial charge in [0.05, 0.1) is 5.02 Å². The molecule has 0 unspecified atom stereocenters. The molecule has 0 amide bonds. The molecule has 19 heavy (non-hydrogen) atoms. The van der Waals surface area contributed by atoms with Crippen LogP contribution in [0.2, 0.25) is 5.02 Å². The van der Waals surface area contributed by atoms with Crippen LogP contribution in [0.25, 0.3) is 11.0 Å². The monoisotopic (exact) mass is 278 g/mol. The summed E-state index contributed by atoms with van der Waals surface area (Å²) in [5.41, 5.74) is 0.610. The lowest BCUT2D eigenvalue weighted by molar-refractivity contribution is 0.0954. The summed E-state index contributed by atoms with van der Waals surface area (Å²) < 4.78 is 5.56. The molecule has 0 spiro atoms. The minimum absolute atomic E-state index is 0.0729. The summed E-state index contributed by atoms with van der Waals surface area (Å²) >= 11 is 6.03. The zero-order valence-corrected chi connectivity index (χ0v) is 12.0. The van der Waals surface area contributed by atoms with Crippen molar-refractivity contribution in [2.75, 3.05) is 0 Å². The number of halogens is 1. The third-order valence-corrected chi connectivity index (χ3v) is 3.58. The van der Waals surface area contributed by atoms with Crippen LogP contribution in [0.4, 0.5) is 0 Å². The van der Waals surface area contributed by atoms with Crippen molar-refractivity contribution < 1.29 is 9.21 Å². The van der Waals surface area contributed by atoms with Crippen LogP contribution in [-0.4, -0.2) is 5.78 Å². The van der Waals surface area contributed by atoms with Crippen LogP contribution in [0, 0.1) is 0 Å². The number of para-hydroxylation sites is 1. The first-order valence-electron chi connectivity index (χ1n) is 6.93. The minimum atomic E-state index is 0.0729. The fourth-order valence-electron chi connectivity index (χ4n) is 2.18. The molecule has 1 aromatic carbocycles. The summed E-state index contributed by atoms with van der Waals surface area (Å²) in [6.07, 6.45) is 6.27. The lowest BCUT2D eigenvalue weighted by Gasteiger charge is -1.98. The molecule has 0 N–H and O–H groups in total. The molecule has 3 heteroatoms. The molecule has 2 aromatic rings. The molecule has 0 aliphatic carbocycles. The van der Waals surface area contributed by atoms with Gasteiger partial charge in [-0.05, 0) is 18.6 Å². The van der Waals surface area contributed by atoms with Gasteiger partial charge in [-0.15, -0.1) is 0 Å². The van der Waals surface area contributed by atoms with Crippen molar-refractivity contribution >= 4 is 28.4 Å². The Labute approximate surface area is 118 Å². The molecule has 102 valence electrons. The van der Waals surface area contributed by atoms with E-state index in [1.165, 1.54) is 19.3 Å². The van der Waals surface area contributed by atoms with E-state index in [1.807, 2.05) is 12.1 Å². The highest BCUT2D eigenvalue weighted by Crippen LogP contribution is 2.27. The number of carbonyl (C=O) groups excluding carboxylic acids is 1. The Morgan fingerprint density at radius 2 is 2.00 bits per heavy atom. The van der Waals surface area contributed by atoms with Gasteiger partial charge in [0.15, 0.2) is 17.1 Å². The van der Waals surface area contributed by atoms with Gasteiger partial charge < -0.3 is 4.42 Å². The van der Waals surface area contributed by atoms with E-state index >= 15 is 0 Å². The van der Waals surface area contributed by atoms with Crippen molar-refractivity contribution in [2.24, 2.45) is 0 Å². The van der Waals surface area contributed by atoms with Gasteiger partial charge in [0.1, 0.15) is 0 Å². The Balaban J connectivity index is 1.96. The van der Waals surface area contributed by atoms with Crippen LogP contribution in [0.1, 0.15) is 56.0 Å². The van der Waals surface area contributed by atoms with E-state index in [4.69, 9.17) is 16.0 Å². The highest BCUT2D eigenvalue weighted by molar-refractivity contribution is 6.34. The van der Waals surface area contributed by atoms with Crippen LogP contribution in [0.5, 0.6) is 0 Å². The summed E-state index contributed by atoms with van der Waals surface area (Å²) in [5.74, 6) is 0.502. The van der Waals surface area contributed by atoms with E-state index in [9.17, 15) is 4.79 Å². The molecule has 1 aromatic heterocycles. The van der Waals surface area contributed by atoms with E-state index in [0.29, 0.717) is 22.8 Å². The second-order valence-electron chi connectivity index (χ2n) is 4.86. The number of ketones is 1. The maximum Gasteiger partial charge on any atom is 0.198 e. The van der Waals surface area contributed by atoms with Crippen molar-refractivity contribution in [1.29, 1.82) is 0 Å². The van der Waals surface area contributed by atoms with Gasteiger partial charge in [-0.2, -0.15) is 0 Å². The number of carbonyl (C=O) groups is 1. The summed E-state index contributed by atoms with van der Waals surface area (Å²) in [5, 5.41) is 1.45. The predicted molar refractivity (Wildman–Crippen MR) is 78.9 cm³/mol. The number of unbranched alkanes of at least 4 members (excludes halogenated alkanes) is 4. The number of Topliss-reactive ketones (excluding diaryl/α,β-unsaturated/α-hetero) is 1. The summed E-state index contributed by atoms with van der Waals surface area (Å²) in [6, 6.07) is 7.32. The second-order valence-corrected chi connectivity index (χ2v) is 5.26. The predicted octanol–water partition coefficient (Wildman–Crippen LogP) is 5.63. The first-order chi connectivity index (χ1) is 9.22. The number of fused-ring (bicyclic) bond motifs is 1. The third kappa shape index (κ3) is 3.60. The zero-order valence-electron chi connectivity index (χ0n) is 11.2. The maximum absolute atomic E-state index is 12.0. The van der Waals surface area contributed by atoms with Gasteiger partial charge in [0.2, 0.25) is 0 Å². The smallest absolute Gasteiger partial charge is 0.198 e. The third-order valence-electron chi connectivity index (χ3n) is 3.28. The molecule has 0 radical (unpaired) electrons. The fourth-order valence-corrected chi connectivity index (χ4v) is 2.40. The van der Waals surface area contributed by atoms with Gasteiger partial charge >= 0.3 is 0 Å². The molecular formula is C16H19ClO2. The maximum atomic E-state index is 12.0. The molecule has 0 saturated carbocycles. The SMILES string of the molecule is CCCCCCCC(=O)c1cc2cccc(Cl)c2o1. The molecule has 2 nitrogen and oxygen atoms in total.